The number of nitrogens with zero attached hydrogens (tertiary/aromatic N) is 5. The highest BCUT2D eigenvalue weighted by atomic mass is 16.3. The molecule has 0 amide bonds. The largest absolute Gasteiger partial charge is 0.385 e. The molecule has 0 bridgehead atoms. The smallest absolute Gasteiger partial charge is 0.144 e. The van der Waals surface area contributed by atoms with Crippen LogP contribution in [0.5, 0.6) is 0 Å². The van der Waals surface area contributed by atoms with Crippen molar-refractivity contribution in [1.29, 1.82) is 5.26 Å². The summed E-state index contributed by atoms with van der Waals surface area (Å²) in [7, 11) is 1.90. The summed E-state index contributed by atoms with van der Waals surface area (Å²) < 4.78 is 3.86. The number of aliphatic hydroxyl groups is 1. The fourth-order valence-electron chi connectivity index (χ4n) is 3.18. The van der Waals surface area contributed by atoms with Gasteiger partial charge in [-0.3, -0.25) is 4.57 Å². The first-order valence-corrected chi connectivity index (χ1v) is 8.27. The number of benzene rings is 2. The van der Waals surface area contributed by atoms with Crippen LogP contribution < -0.4 is 0 Å². The van der Waals surface area contributed by atoms with Crippen molar-refractivity contribution in [1.82, 2.24) is 19.1 Å². The van der Waals surface area contributed by atoms with Gasteiger partial charge >= 0.3 is 0 Å². The highest BCUT2D eigenvalue weighted by Crippen LogP contribution is 2.26. The maximum atomic E-state index is 9.88. The lowest BCUT2D eigenvalue weighted by molar-refractivity contribution is 0.186. The third-order valence-electron chi connectivity index (χ3n) is 4.44. The highest BCUT2D eigenvalue weighted by Gasteiger charge is 2.14. The third kappa shape index (κ3) is 2.55. The summed E-state index contributed by atoms with van der Waals surface area (Å²) in [6, 6.07) is 15.5. The van der Waals surface area contributed by atoms with Crippen molar-refractivity contribution in [3.05, 3.63) is 66.2 Å². The molecule has 0 aliphatic rings. The molecule has 1 N–H and O–H groups in total. The van der Waals surface area contributed by atoms with E-state index in [4.69, 9.17) is 5.26 Å². The van der Waals surface area contributed by atoms with Crippen LogP contribution in [-0.2, 0) is 7.05 Å². The minimum absolute atomic E-state index is 0.596. The van der Waals surface area contributed by atoms with E-state index in [-0.39, 0.29) is 0 Å². The summed E-state index contributed by atoms with van der Waals surface area (Å²) in [5.74, 6) is 1.39. The Labute approximate surface area is 150 Å². The number of fused-ring (bicyclic) bond motifs is 1. The summed E-state index contributed by atoms with van der Waals surface area (Å²) in [4.78, 5) is 9.01. The zero-order valence-corrected chi connectivity index (χ0v) is 14.5. The first-order valence-electron chi connectivity index (χ1n) is 8.27. The Morgan fingerprint density at radius 3 is 2.81 bits per heavy atom. The van der Waals surface area contributed by atoms with Gasteiger partial charge in [-0.05, 0) is 37.3 Å². The predicted molar refractivity (Wildman–Crippen MR) is 98.6 cm³/mol. The molecule has 26 heavy (non-hydrogen) atoms. The van der Waals surface area contributed by atoms with E-state index in [2.05, 4.69) is 16.0 Å². The Balaban J connectivity index is 1.84. The molecule has 6 heteroatoms. The molecule has 2 aromatic heterocycles. The van der Waals surface area contributed by atoms with Gasteiger partial charge in [-0.2, -0.15) is 5.26 Å². The summed E-state index contributed by atoms with van der Waals surface area (Å²) in [6.45, 7) is 1.71. The van der Waals surface area contributed by atoms with Crippen molar-refractivity contribution < 1.29 is 5.11 Å². The summed E-state index contributed by atoms with van der Waals surface area (Å²) in [5.41, 5.74) is 4.16. The van der Waals surface area contributed by atoms with Crippen LogP contribution in [0.15, 0.2) is 54.9 Å². The molecule has 0 saturated heterocycles. The van der Waals surface area contributed by atoms with Gasteiger partial charge in [-0.1, -0.05) is 12.1 Å². The van der Waals surface area contributed by atoms with E-state index in [9.17, 15) is 5.11 Å². The Morgan fingerprint density at radius 1 is 1.19 bits per heavy atom. The van der Waals surface area contributed by atoms with E-state index >= 15 is 0 Å². The maximum Gasteiger partial charge on any atom is 0.144 e. The van der Waals surface area contributed by atoms with Crippen LogP contribution in [-0.4, -0.2) is 24.2 Å². The van der Waals surface area contributed by atoms with Gasteiger partial charge in [0, 0.05) is 30.7 Å². The number of aliphatic hydroxyl groups excluding tert-OH is 1. The number of imidazole rings is 2. The zero-order chi connectivity index (χ0) is 18.3. The Bertz CT molecular complexity index is 1150. The van der Waals surface area contributed by atoms with Gasteiger partial charge in [0.05, 0.1) is 22.7 Å². The van der Waals surface area contributed by atoms with Crippen LogP contribution in [0.3, 0.4) is 0 Å². The molecule has 1 atom stereocenters. The number of aryl methyl sites for hydroxylation is 1. The van der Waals surface area contributed by atoms with Crippen molar-refractivity contribution in [2.75, 3.05) is 0 Å². The van der Waals surface area contributed by atoms with Crippen LogP contribution >= 0.6 is 0 Å². The van der Waals surface area contributed by atoms with Gasteiger partial charge in [0.1, 0.15) is 17.8 Å². The lowest BCUT2D eigenvalue weighted by atomic mass is 10.1. The van der Waals surface area contributed by atoms with E-state index in [1.54, 1.807) is 19.2 Å². The monoisotopic (exact) mass is 343 g/mol. The molecule has 128 valence electrons. The molecule has 0 aliphatic heterocycles. The SMILES string of the molecule is CC(O)c1nc2cc(-n3ccnc3-c3cccc(C#N)c3)ccc2n1C. The average Bonchev–Trinajstić information content (AvgIpc) is 3.26. The van der Waals surface area contributed by atoms with Gasteiger partial charge in [0.25, 0.3) is 0 Å². The molecule has 0 spiro atoms. The fourth-order valence-corrected chi connectivity index (χ4v) is 3.18. The molecule has 4 aromatic rings. The van der Waals surface area contributed by atoms with Gasteiger partial charge in [0.15, 0.2) is 0 Å². The lowest BCUT2D eigenvalue weighted by Crippen LogP contribution is -2.01. The molecular formula is C20H17N5O. The van der Waals surface area contributed by atoms with Crippen LogP contribution in [0.25, 0.3) is 28.1 Å². The van der Waals surface area contributed by atoms with Crippen LogP contribution in [0.2, 0.25) is 0 Å². The molecule has 0 saturated carbocycles. The van der Waals surface area contributed by atoms with E-state index in [1.807, 2.05) is 58.8 Å². The minimum Gasteiger partial charge on any atom is -0.385 e. The van der Waals surface area contributed by atoms with Crippen LogP contribution in [0, 0.1) is 11.3 Å². The molecule has 0 fully saturated rings. The second-order valence-corrected chi connectivity index (χ2v) is 6.19. The van der Waals surface area contributed by atoms with Crippen LogP contribution in [0.1, 0.15) is 24.4 Å². The van der Waals surface area contributed by atoms with Crippen molar-refractivity contribution in [2.45, 2.75) is 13.0 Å². The molecule has 2 heterocycles. The second kappa shape index (κ2) is 6.14. The van der Waals surface area contributed by atoms with Crippen molar-refractivity contribution in [3.63, 3.8) is 0 Å². The van der Waals surface area contributed by atoms with Crippen molar-refractivity contribution in [3.8, 4) is 23.1 Å². The second-order valence-electron chi connectivity index (χ2n) is 6.19. The lowest BCUT2D eigenvalue weighted by Gasteiger charge is -2.08. The molecule has 0 aliphatic carbocycles. The maximum absolute atomic E-state index is 9.88. The number of hydrogen-bond donors (Lipinski definition) is 1. The number of rotatable bonds is 3. The summed E-state index contributed by atoms with van der Waals surface area (Å²) >= 11 is 0. The van der Waals surface area contributed by atoms with E-state index in [1.165, 1.54) is 0 Å². The first-order chi connectivity index (χ1) is 12.6. The Hall–Kier alpha value is -3.43. The normalized spacial score (nSPS) is 12.2. The molecule has 4 rings (SSSR count). The van der Waals surface area contributed by atoms with Crippen molar-refractivity contribution in [2.24, 2.45) is 7.05 Å². The highest BCUT2D eigenvalue weighted by molar-refractivity contribution is 5.79. The van der Waals surface area contributed by atoms with E-state index in [0.29, 0.717) is 11.4 Å². The first kappa shape index (κ1) is 16.1. The Morgan fingerprint density at radius 2 is 2.04 bits per heavy atom. The Kier molecular flexibility index (Phi) is 3.79. The summed E-state index contributed by atoms with van der Waals surface area (Å²) in [6.07, 6.45) is 2.99. The number of nitriles is 1. The number of hydrogen-bond acceptors (Lipinski definition) is 4. The predicted octanol–water partition coefficient (Wildman–Crippen LogP) is 3.35. The molecule has 1 unspecified atom stereocenters. The topological polar surface area (TPSA) is 79.7 Å². The fraction of sp³-hybridized carbons (Fsp3) is 0.150. The minimum atomic E-state index is -0.631. The quantitative estimate of drug-likeness (QED) is 0.619. The van der Waals surface area contributed by atoms with E-state index < -0.39 is 6.10 Å². The van der Waals surface area contributed by atoms with Gasteiger partial charge in [-0.15, -0.1) is 0 Å². The van der Waals surface area contributed by atoms with E-state index in [0.717, 1.165) is 28.1 Å². The third-order valence-corrected chi connectivity index (χ3v) is 4.44. The molecular weight excluding hydrogens is 326 g/mol. The zero-order valence-electron chi connectivity index (χ0n) is 14.5. The number of aromatic nitrogens is 4. The average molecular weight is 343 g/mol. The molecule has 6 nitrogen and oxygen atoms in total. The van der Waals surface area contributed by atoms with Gasteiger partial charge < -0.3 is 9.67 Å². The van der Waals surface area contributed by atoms with Crippen LogP contribution in [0.4, 0.5) is 0 Å². The molecule has 2 aromatic carbocycles. The standard InChI is InChI=1S/C20H17N5O/c1-13(26)19-23-17-11-16(6-7-18(17)24(19)2)25-9-8-22-20(25)15-5-3-4-14(10-15)12-21/h3-11,13,26H,1-2H3. The van der Waals surface area contributed by atoms with Gasteiger partial charge in [0.2, 0.25) is 0 Å². The molecule has 0 radical (unpaired) electrons. The van der Waals surface area contributed by atoms with Crippen molar-refractivity contribution >= 4 is 11.0 Å². The summed E-state index contributed by atoms with van der Waals surface area (Å²) in [5, 5.41) is 19.0. The van der Waals surface area contributed by atoms with Gasteiger partial charge in [-0.25, -0.2) is 9.97 Å².